The molecule has 2 aliphatic rings. The van der Waals surface area contributed by atoms with Crippen molar-refractivity contribution in [1.29, 1.82) is 0 Å². The van der Waals surface area contributed by atoms with Crippen LogP contribution in [-0.4, -0.2) is 6.61 Å². The number of rotatable bonds is 6. The summed E-state index contributed by atoms with van der Waals surface area (Å²) in [4.78, 5) is 0. The van der Waals surface area contributed by atoms with E-state index in [1.807, 2.05) is 6.08 Å². The fraction of sp³-hybridized carbons (Fsp3) is 0.417. The van der Waals surface area contributed by atoms with Crippen LogP contribution in [0.25, 0.3) is 22.3 Å². The van der Waals surface area contributed by atoms with Crippen molar-refractivity contribution in [1.82, 2.24) is 0 Å². The highest BCUT2D eigenvalue weighted by Crippen LogP contribution is 2.52. The lowest BCUT2D eigenvalue weighted by molar-refractivity contribution is 0.175. The van der Waals surface area contributed by atoms with E-state index < -0.39 is 17.5 Å². The molecular weight excluding hydrogens is 361 g/mol. The third-order valence-corrected chi connectivity index (χ3v) is 6.26. The normalized spacial score (nSPS) is 20.1. The largest absolute Gasteiger partial charge is 0.490 e. The van der Waals surface area contributed by atoms with Crippen LogP contribution in [0.15, 0.2) is 30.9 Å². The van der Waals surface area contributed by atoms with Crippen LogP contribution in [0.4, 0.5) is 13.2 Å². The number of benzene rings is 2. The standard InChI is InChI=1S/C24H25F3O/c1-3-4-5-15-6-8-16(9-7-15)13-28-19-11-10-17-18-12-14(2)22(25)24(27)21(18)20(17)23(19)26/h3,10-12,15-16H,1,4-9,13H2,2H3. The summed E-state index contributed by atoms with van der Waals surface area (Å²) in [7, 11) is 0. The van der Waals surface area contributed by atoms with E-state index in [0.717, 1.165) is 25.2 Å². The molecule has 0 radical (unpaired) electrons. The van der Waals surface area contributed by atoms with Gasteiger partial charge in [-0.3, -0.25) is 0 Å². The first-order chi connectivity index (χ1) is 13.5. The Morgan fingerprint density at radius 2 is 1.64 bits per heavy atom. The number of hydrogen-bond donors (Lipinski definition) is 0. The lowest BCUT2D eigenvalue weighted by Crippen LogP contribution is -2.20. The van der Waals surface area contributed by atoms with E-state index in [1.165, 1.54) is 26.2 Å². The number of fused-ring (bicyclic) bond motifs is 4. The van der Waals surface area contributed by atoms with E-state index in [-0.39, 0.29) is 22.4 Å². The zero-order valence-corrected chi connectivity index (χ0v) is 16.2. The molecule has 1 nitrogen and oxygen atoms in total. The molecule has 1 fully saturated rings. The van der Waals surface area contributed by atoms with Crippen LogP contribution in [-0.2, 0) is 0 Å². The Hall–Kier alpha value is -2.23. The van der Waals surface area contributed by atoms with Crippen molar-refractivity contribution < 1.29 is 17.9 Å². The van der Waals surface area contributed by atoms with Gasteiger partial charge in [-0.1, -0.05) is 18.9 Å². The Bertz CT molecular complexity index is 911. The maximum absolute atomic E-state index is 14.9. The van der Waals surface area contributed by atoms with Crippen LogP contribution < -0.4 is 4.74 Å². The fourth-order valence-corrected chi connectivity index (χ4v) is 4.53. The molecule has 0 spiro atoms. The first-order valence-electron chi connectivity index (χ1n) is 10.1. The Morgan fingerprint density at radius 1 is 0.964 bits per heavy atom. The van der Waals surface area contributed by atoms with Crippen LogP contribution in [0.5, 0.6) is 5.75 Å². The highest BCUT2D eigenvalue weighted by molar-refractivity contribution is 6.03. The minimum absolute atomic E-state index is 0.0313. The average Bonchev–Trinajstić information content (AvgIpc) is 2.69. The molecule has 0 saturated heterocycles. The molecule has 2 aromatic rings. The summed E-state index contributed by atoms with van der Waals surface area (Å²) in [5, 5.41) is 0. The molecule has 2 aliphatic carbocycles. The van der Waals surface area contributed by atoms with E-state index in [9.17, 15) is 13.2 Å². The fourth-order valence-electron chi connectivity index (χ4n) is 4.53. The van der Waals surface area contributed by atoms with Crippen molar-refractivity contribution in [3.63, 3.8) is 0 Å². The summed E-state index contributed by atoms with van der Waals surface area (Å²) in [6, 6.07) is 4.91. The summed E-state index contributed by atoms with van der Waals surface area (Å²) in [6.45, 7) is 5.75. The van der Waals surface area contributed by atoms with Crippen LogP contribution >= 0.6 is 0 Å². The molecule has 0 atom stereocenters. The lowest BCUT2D eigenvalue weighted by atomic mass is 9.78. The Kier molecular flexibility index (Phi) is 5.22. The van der Waals surface area contributed by atoms with Crippen LogP contribution in [0.3, 0.4) is 0 Å². The number of aryl methyl sites for hydroxylation is 1. The number of halogens is 3. The highest BCUT2D eigenvalue weighted by Gasteiger charge is 2.33. The summed E-state index contributed by atoms with van der Waals surface area (Å²) < 4.78 is 48.9. The topological polar surface area (TPSA) is 9.23 Å². The Labute approximate surface area is 164 Å². The molecule has 4 heteroatoms. The molecule has 2 aromatic carbocycles. The molecule has 0 aromatic heterocycles. The first kappa shape index (κ1) is 19.1. The molecule has 4 rings (SSSR count). The minimum Gasteiger partial charge on any atom is -0.490 e. The van der Waals surface area contributed by atoms with Gasteiger partial charge in [-0.15, -0.1) is 6.58 Å². The molecule has 0 unspecified atom stereocenters. The van der Waals surface area contributed by atoms with Gasteiger partial charge in [0, 0.05) is 11.1 Å². The Balaban J connectivity index is 1.44. The smallest absolute Gasteiger partial charge is 0.173 e. The predicted molar refractivity (Wildman–Crippen MR) is 106 cm³/mol. The molecule has 148 valence electrons. The summed E-state index contributed by atoms with van der Waals surface area (Å²) in [5.74, 6) is -1.19. The molecule has 0 bridgehead atoms. The summed E-state index contributed by atoms with van der Waals surface area (Å²) >= 11 is 0. The zero-order valence-electron chi connectivity index (χ0n) is 16.2. The highest BCUT2D eigenvalue weighted by atomic mass is 19.2. The van der Waals surface area contributed by atoms with Crippen molar-refractivity contribution in [2.45, 2.75) is 45.4 Å². The molecule has 0 amide bonds. The molecule has 28 heavy (non-hydrogen) atoms. The van der Waals surface area contributed by atoms with E-state index in [4.69, 9.17) is 4.74 Å². The van der Waals surface area contributed by atoms with E-state index >= 15 is 0 Å². The van der Waals surface area contributed by atoms with Gasteiger partial charge >= 0.3 is 0 Å². The summed E-state index contributed by atoms with van der Waals surface area (Å²) in [6.07, 6.45) is 8.73. The molecule has 0 aliphatic heterocycles. The van der Waals surface area contributed by atoms with Crippen molar-refractivity contribution in [3.8, 4) is 28.0 Å². The van der Waals surface area contributed by atoms with Crippen molar-refractivity contribution in [2.24, 2.45) is 11.8 Å². The third kappa shape index (κ3) is 3.23. The van der Waals surface area contributed by atoms with E-state index in [2.05, 4.69) is 6.58 Å². The van der Waals surface area contributed by atoms with Crippen LogP contribution in [0.2, 0.25) is 0 Å². The van der Waals surface area contributed by atoms with Crippen molar-refractivity contribution in [2.75, 3.05) is 6.61 Å². The van der Waals surface area contributed by atoms with Gasteiger partial charge in [0.15, 0.2) is 23.2 Å². The average molecular weight is 386 g/mol. The third-order valence-electron chi connectivity index (χ3n) is 6.26. The molecule has 0 heterocycles. The van der Waals surface area contributed by atoms with Crippen LogP contribution in [0.1, 0.15) is 44.1 Å². The van der Waals surface area contributed by atoms with E-state index in [1.54, 1.807) is 18.2 Å². The maximum Gasteiger partial charge on any atom is 0.173 e. The zero-order chi connectivity index (χ0) is 19.8. The minimum atomic E-state index is -0.976. The monoisotopic (exact) mass is 386 g/mol. The number of hydrogen-bond acceptors (Lipinski definition) is 1. The van der Waals surface area contributed by atoms with Gasteiger partial charge in [-0.05, 0) is 79.3 Å². The van der Waals surface area contributed by atoms with Crippen molar-refractivity contribution in [3.05, 3.63) is 53.9 Å². The van der Waals surface area contributed by atoms with Gasteiger partial charge in [0.25, 0.3) is 0 Å². The SMILES string of the molecule is C=CCCC1CCC(COc2ccc3c(c2F)-c2c-3cc(C)c(F)c2F)CC1. The van der Waals surface area contributed by atoms with Crippen LogP contribution in [0, 0.1) is 36.2 Å². The van der Waals surface area contributed by atoms with E-state index in [0.29, 0.717) is 23.7 Å². The second-order valence-electron chi connectivity index (χ2n) is 8.11. The quantitative estimate of drug-likeness (QED) is 0.407. The van der Waals surface area contributed by atoms with Gasteiger partial charge in [0.05, 0.1) is 6.61 Å². The van der Waals surface area contributed by atoms with Crippen molar-refractivity contribution >= 4 is 0 Å². The maximum atomic E-state index is 14.9. The molecule has 1 saturated carbocycles. The first-order valence-corrected chi connectivity index (χ1v) is 10.1. The van der Waals surface area contributed by atoms with Gasteiger partial charge in [-0.25, -0.2) is 13.2 Å². The lowest BCUT2D eigenvalue weighted by Gasteiger charge is -2.29. The summed E-state index contributed by atoms with van der Waals surface area (Å²) in [5.41, 5.74) is 1.58. The second-order valence-corrected chi connectivity index (χ2v) is 8.11. The molecule has 0 N–H and O–H groups in total. The van der Waals surface area contributed by atoms with Gasteiger partial charge in [0.1, 0.15) is 0 Å². The predicted octanol–water partition coefficient (Wildman–Crippen LogP) is 7.21. The molecular formula is C24H25F3O. The van der Waals surface area contributed by atoms with Gasteiger partial charge in [0.2, 0.25) is 0 Å². The Morgan fingerprint density at radius 3 is 2.36 bits per heavy atom. The number of allylic oxidation sites excluding steroid dienone is 1. The second kappa shape index (κ2) is 7.65. The number of ether oxygens (including phenoxy) is 1. The van der Waals surface area contributed by atoms with Gasteiger partial charge in [-0.2, -0.15) is 0 Å². The van der Waals surface area contributed by atoms with Gasteiger partial charge < -0.3 is 4.74 Å².